The number of Topliss-reactive ketones (excluding diaryl/α,β-unsaturated/α-hetero) is 1. The number of carbonyl (C=O) groups is 3. The lowest BCUT2D eigenvalue weighted by molar-refractivity contribution is -0.178. The quantitative estimate of drug-likeness (QED) is 0.361. The molecule has 1 amide bonds. The Hall–Kier alpha value is -2.57. The lowest BCUT2D eigenvalue weighted by Crippen LogP contribution is -2.48. The Morgan fingerprint density at radius 3 is 2.73 bits per heavy atom. The Labute approximate surface area is 177 Å². The van der Waals surface area contributed by atoms with E-state index in [4.69, 9.17) is 14.6 Å². The molecule has 1 saturated carbocycles. The topological polar surface area (TPSA) is 102 Å². The molecule has 1 unspecified atom stereocenters. The number of ketones is 1. The van der Waals surface area contributed by atoms with Gasteiger partial charge in [0.1, 0.15) is 30.2 Å². The number of carbonyl (C=O) groups excluding carboxylic acids is 2. The average Bonchev–Trinajstić information content (AvgIpc) is 3.25. The van der Waals surface area contributed by atoms with Gasteiger partial charge in [-0.05, 0) is 55.2 Å². The first-order valence-electron chi connectivity index (χ1n) is 10.9. The SMILES string of the molecule is CCc1cc(CCC2(C3CCCC3)CC(=O)CC(=O)O2)ccc1OCCNC(=O)O. The highest BCUT2D eigenvalue weighted by Crippen LogP contribution is 2.44. The molecule has 164 valence electrons. The minimum Gasteiger partial charge on any atom is -0.491 e. The number of nitrogens with one attached hydrogen (secondary N) is 1. The summed E-state index contributed by atoms with van der Waals surface area (Å²) < 4.78 is 11.6. The van der Waals surface area contributed by atoms with Gasteiger partial charge in [-0.1, -0.05) is 31.9 Å². The Kier molecular flexibility index (Phi) is 7.34. The number of hydrogen-bond acceptors (Lipinski definition) is 5. The van der Waals surface area contributed by atoms with Gasteiger partial charge in [0.15, 0.2) is 0 Å². The van der Waals surface area contributed by atoms with E-state index >= 15 is 0 Å². The van der Waals surface area contributed by atoms with Crippen molar-refractivity contribution < 1.29 is 29.0 Å². The normalized spacial score (nSPS) is 22.0. The molecule has 1 atom stereocenters. The maximum absolute atomic E-state index is 12.2. The van der Waals surface area contributed by atoms with E-state index in [0.29, 0.717) is 12.8 Å². The van der Waals surface area contributed by atoms with Crippen LogP contribution in [0.25, 0.3) is 0 Å². The second-order valence-corrected chi connectivity index (χ2v) is 8.29. The molecule has 1 saturated heterocycles. The van der Waals surface area contributed by atoms with Crippen LogP contribution in [0.5, 0.6) is 5.75 Å². The van der Waals surface area contributed by atoms with Gasteiger partial charge < -0.3 is 19.9 Å². The van der Waals surface area contributed by atoms with Crippen molar-refractivity contribution in [3.05, 3.63) is 29.3 Å². The molecule has 3 rings (SSSR count). The number of hydrogen-bond donors (Lipinski definition) is 2. The molecule has 1 heterocycles. The van der Waals surface area contributed by atoms with Gasteiger partial charge in [-0.25, -0.2) is 4.79 Å². The van der Waals surface area contributed by atoms with Crippen LogP contribution in [0.15, 0.2) is 18.2 Å². The van der Waals surface area contributed by atoms with Crippen molar-refractivity contribution in [2.75, 3.05) is 13.2 Å². The molecule has 1 aliphatic heterocycles. The van der Waals surface area contributed by atoms with Crippen LogP contribution in [0.2, 0.25) is 0 Å². The van der Waals surface area contributed by atoms with Gasteiger partial charge in [0.2, 0.25) is 0 Å². The fourth-order valence-electron chi connectivity index (χ4n) is 4.76. The van der Waals surface area contributed by atoms with Crippen LogP contribution in [0.4, 0.5) is 4.79 Å². The number of cyclic esters (lactones) is 1. The summed E-state index contributed by atoms with van der Waals surface area (Å²) in [7, 11) is 0. The molecule has 1 aromatic carbocycles. The number of esters is 1. The third-order valence-corrected chi connectivity index (χ3v) is 6.23. The molecule has 0 bridgehead atoms. The van der Waals surface area contributed by atoms with Gasteiger partial charge in [0, 0.05) is 6.42 Å². The molecule has 0 aromatic heterocycles. The Balaban J connectivity index is 1.67. The Morgan fingerprint density at radius 2 is 2.07 bits per heavy atom. The lowest BCUT2D eigenvalue weighted by Gasteiger charge is -2.41. The summed E-state index contributed by atoms with van der Waals surface area (Å²) >= 11 is 0. The van der Waals surface area contributed by atoms with Crippen molar-refractivity contribution in [3.63, 3.8) is 0 Å². The zero-order valence-corrected chi connectivity index (χ0v) is 17.6. The van der Waals surface area contributed by atoms with Crippen LogP contribution < -0.4 is 10.1 Å². The lowest BCUT2D eigenvalue weighted by atomic mass is 9.76. The molecule has 30 heavy (non-hydrogen) atoms. The van der Waals surface area contributed by atoms with E-state index < -0.39 is 11.7 Å². The molecular weight excluding hydrogens is 386 g/mol. The molecule has 0 spiro atoms. The maximum Gasteiger partial charge on any atom is 0.404 e. The number of aryl methyl sites for hydroxylation is 2. The second kappa shape index (κ2) is 9.96. The highest BCUT2D eigenvalue weighted by molar-refractivity contribution is 5.98. The van der Waals surface area contributed by atoms with Gasteiger partial charge in [0.05, 0.1) is 6.54 Å². The summed E-state index contributed by atoms with van der Waals surface area (Å²) in [4.78, 5) is 34.8. The highest BCUT2D eigenvalue weighted by atomic mass is 16.6. The third-order valence-electron chi connectivity index (χ3n) is 6.23. The minimum absolute atomic E-state index is 0.00823. The van der Waals surface area contributed by atoms with E-state index in [2.05, 4.69) is 11.4 Å². The van der Waals surface area contributed by atoms with Gasteiger partial charge in [-0.15, -0.1) is 0 Å². The Bertz CT molecular complexity index is 768. The summed E-state index contributed by atoms with van der Waals surface area (Å²) in [6, 6.07) is 6.00. The second-order valence-electron chi connectivity index (χ2n) is 8.29. The minimum atomic E-state index is -1.07. The van der Waals surface area contributed by atoms with Crippen molar-refractivity contribution in [1.29, 1.82) is 0 Å². The van der Waals surface area contributed by atoms with E-state index in [9.17, 15) is 14.4 Å². The first-order valence-corrected chi connectivity index (χ1v) is 10.9. The summed E-state index contributed by atoms with van der Waals surface area (Å²) in [6.07, 6.45) is 5.61. The summed E-state index contributed by atoms with van der Waals surface area (Å²) in [5.41, 5.74) is 1.51. The number of rotatable bonds is 9. The first kappa shape index (κ1) is 22.1. The van der Waals surface area contributed by atoms with E-state index in [1.807, 2.05) is 19.1 Å². The zero-order valence-electron chi connectivity index (χ0n) is 17.6. The third kappa shape index (κ3) is 5.52. The highest BCUT2D eigenvalue weighted by Gasteiger charge is 2.47. The largest absolute Gasteiger partial charge is 0.491 e. The summed E-state index contributed by atoms with van der Waals surface area (Å²) in [6.45, 7) is 2.54. The summed E-state index contributed by atoms with van der Waals surface area (Å²) in [5, 5.41) is 10.9. The molecule has 2 aliphatic rings. The molecule has 7 heteroatoms. The number of amides is 1. The van der Waals surface area contributed by atoms with Crippen molar-refractivity contribution in [2.45, 2.75) is 70.3 Å². The van der Waals surface area contributed by atoms with Crippen LogP contribution in [0, 0.1) is 5.92 Å². The first-order chi connectivity index (χ1) is 14.4. The zero-order chi connectivity index (χ0) is 21.6. The van der Waals surface area contributed by atoms with Gasteiger partial charge in [0.25, 0.3) is 0 Å². The molecule has 1 aromatic rings. The number of ether oxygens (including phenoxy) is 2. The average molecular weight is 418 g/mol. The monoisotopic (exact) mass is 417 g/mol. The fourth-order valence-corrected chi connectivity index (χ4v) is 4.76. The van der Waals surface area contributed by atoms with E-state index in [0.717, 1.165) is 55.4 Å². The number of carboxylic acid groups (broad SMARTS) is 1. The smallest absolute Gasteiger partial charge is 0.404 e. The summed E-state index contributed by atoms with van der Waals surface area (Å²) in [5.74, 6) is 0.621. The van der Waals surface area contributed by atoms with Crippen molar-refractivity contribution in [2.24, 2.45) is 5.92 Å². The van der Waals surface area contributed by atoms with Crippen LogP contribution in [-0.4, -0.2) is 41.7 Å². The van der Waals surface area contributed by atoms with Gasteiger partial charge in [-0.2, -0.15) is 0 Å². The number of benzene rings is 1. The molecule has 0 radical (unpaired) electrons. The van der Waals surface area contributed by atoms with Crippen LogP contribution >= 0.6 is 0 Å². The van der Waals surface area contributed by atoms with Crippen LogP contribution in [0.1, 0.15) is 63.0 Å². The van der Waals surface area contributed by atoms with Gasteiger partial charge >= 0.3 is 12.1 Å². The molecule has 2 fully saturated rings. The predicted molar refractivity (Wildman–Crippen MR) is 111 cm³/mol. The van der Waals surface area contributed by atoms with Crippen LogP contribution in [0.3, 0.4) is 0 Å². The van der Waals surface area contributed by atoms with E-state index in [1.165, 1.54) is 0 Å². The Morgan fingerprint density at radius 1 is 1.30 bits per heavy atom. The molecule has 2 N–H and O–H groups in total. The standard InChI is InChI=1S/C23H31NO6/c1-2-17-13-16(7-8-20(17)29-12-11-24-22(27)28)9-10-23(18-5-3-4-6-18)15-19(25)14-21(26)30-23/h7-8,13,18,24H,2-6,9-12,14-15H2,1H3,(H,27,28). The van der Waals surface area contributed by atoms with Crippen molar-refractivity contribution in [3.8, 4) is 5.75 Å². The molecule has 7 nitrogen and oxygen atoms in total. The fraction of sp³-hybridized carbons (Fsp3) is 0.609. The van der Waals surface area contributed by atoms with Gasteiger partial charge in [-0.3, -0.25) is 9.59 Å². The predicted octanol–water partition coefficient (Wildman–Crippen LogP) is 3.66. The molecular formula is C23H31NO6. The van der Waals surface area contributed by atoms with E-state index in [-0.39, 0.29) is 37.2 Å². The van der Waals surface area contributed by atoms with Crippen LogP contribution in [-0.2, 0) is 27.2 Å². The molecule has 1 aliphatic carbocycles. The van der Waals surface area contributed by atoms with Crippen molar-refractivity contribution >= 4 is 17.8 Å². The van der Waals surface area contributed by atoms with Crippen molar-refractivity contribution in [1.82, 2.24) is 5.32 Å². The van der Waals surface area contributed by atoms with E-state index in [1.54, 1.807) is 0 Å². The maximum atomic E-state index is 12.2.